The van der Waals surface area contributed by atoms with Crippen LogP contribution >= 0.6 is 0 Å². The lowest BCUT2D eigenvalue weighted by Crippen LogP contribution is -2.14. The van der Waals surface area contributed by atoms with E-state index in [9.17, 15) is 19.1 Å². The van der Waals surface area contributed by atoms with Crippen molar-refractivity contribution in [3.63, 3.8) is 0 Å². The molecule has 0 saturated carbocycles. The number of benzene rings is 3. The summed E-state index contributed by atoms with van der Waals surface area (Å²) in [7, 11) is 1.68. The lowest BCUT2D eigenvalue weighted by molar-refractivity contribution is -0.136. The highest BCUT2D eigenvalue weighted by Gasteiger charge is 2.30. The Labute approximate surface area is 254 Å². The van der Waals surface area contributed by atoms with Crippen LogP contribution in [0.25, 0.3) is 11.1 Å². The summed E-state index contributed by atoms with van der Waals surface area (Å²) in [5.41, 5.74) is 8.51. The molecule has 7 nitrogen and oxygen atoms in total. The van der Waals surface area contributed by atoms with Crippen LogP contribution in [0.15, 0.2) is 30.3 Å². The number of hydrogen-bond acceptors (Lipinski definition) is 5. The standard InChI is InChI=1S/C23H24FNO4.C8H10O.C4H10O/c1-12-15-5-4-6-29-23(15)20(24)7-16(12)22-14(3)19-10-25(11-26)9-18(19)13(2)17(22)8-21(27)28;1-7-5-3-4-6-8(7)9-2;1-4(2,3)5/h7,11H,4-6,8-10H2,1-3H3,(H,27,28);3-6H,1-2H3;5H,1-3H3. The van der Waals surface area contributed by atoms with Gasteiger partial charge in [-0.3, -0.25) is 9.59 Å². The second-order valence-corrected chi connectivity index (χ2v) is 12.1. The average Bonchev–Trinajstić information content (AvgIpc) is 3.39. The minimum absolute atomic E-state index is 0.148. The van der Waals surface area contributed by atoms with Gasteiger partial charge in [0, 0.05) is 18.7 Å². The van der Waals surface area contributed by atoms with Gasteiger partial charge in [-0.2, -0.15) is 0 Å². The van der Waals surface area contributed by atoms with Crippen LogP contribution in [0.5, 0.6) is 11.5 Å². The number of halogens is 1. The topological polar surface area (TPSA) is 96.3 Å². The van der Waals surface area contributed by atoms with Crippen LogP contribution < -0.4 is 9.47 Å². The lowest BCUT2D eigenvalue weighted by Gasteiger charge is -2.25. The molecule has 0 atom stereocenters. The summed E-state index contributed by atoms with van der Waals surface area (Å²) < 4.78 is 25.5. The molecule has 0 aromatic heterocycles. The second kappa shape index (κ2) is 14.0. The molecule has 0 bridgehead atoms. The number of carboxylic acid groups (broad SMARTS) is 1. The molecule has 43 heavy (non-hydrogen) atoms. The number of ether oxygens (including phenoxy) is 2. The highest BCUT2D eigenvalue weighted by molar-refractivity contribution is 5.84. The maximum absolute atomic E-state index is 14.9. The molecule has 0 spiro atoms. The van der Waals surface area contributed by atoms with Gasteiger partial charge in [0.05, 0.1) is 25.7 Å². The van der Waals surface area contributed by atoms with Crippen LogP contribution in [0.2, 0.25) is 0 Å². The number of aliphatic hydroxyl groups is 1. The van der Waals surface area contributed by atoms with Crippen LogP contribution in [0, 0.1) is 33.5 Å². The summed E-state index contributed by atoms with van der Waals surface area (Å²) in [6.07, 6.45) is 2.24. The van der Waals surface area contributed by atoms with Gasteiger partial charge in [-0.05, 0) is 124 Å². The molecule has 0 fully saturated rings. The molecule has 5 rings (SSSR count). The average molecular weight is 594 g/mol. The predicted octanol–water partition coefficient (Wildman–Crippen LogP) is 6.62. The number of nitrogens with zero attached hydrogens (tertiary/aromatic N) is 1. The third-order valence-corrected chi connectivity index (χ3v) is 7.62. The zero-order valence-electron chi connectivity index (χ0n) is 26.6. The molecule has 2 aliphatic rings. The Kier molecular flexibility index (Phi) is 11.0. The highest BCUT2D eigenvalue weighted by atomic mass is 19.1. The highest BCUT2D eigenvalue weighted by Crippen LogP contribution is 2.43. The van der Waals surface area contributed by atoms with Gasteiger partial charge in [-0.15, -0.1) is 0 Å². The SMILES string of the molecule is CC(C)(C)O.COc1ccccc1C.Cc1c(-c2c(C)c3c(c(C)c2CC(=O)O)CN(C=O)C3)cc(F)c2c1CCCO2. The van der Waals surface area contributed by atoms with E-state index in [1.165, 1.54) is 11.6 Å². The molecular weight excluding hydrogens is 549 g/mol. The van der Waals surface area contributed by atoms with Crippen molar-refractivity contribution in [2.24, 2.45) is 0 Å². The summed E-state index contributed by atoms with van der Waals surface area (Å²) in [4.78, 5) is 24.7. The Balaban J connectivity index is 0.000000299. The number of methoxy groups -OCH3 is 1. The van der Waals surface area contributed by atoms with E-state index in [2.05, 4.69) is 0 Å². The van der Waals surface area contributed by atoms with E-state index in [1.807, 2.05) is 52.0 Å². The van der Waals surface area contributed by atoms with Crippen LogP contribution in [0.4, 0.5) is 4.39 Å². The normalized spacial score (nSPS) is 13.4. The molecule has 3 aromatic rings. The van der Waals surface area contributed by atoms with Crippen molar-refractivity contribution < 1.29 is 33.7 Å². The molecule has 232 valence electrons. The van der Waals surface area contributed by atoms with Crippen LogP contribution in [0.1, 0.15) is 71.7 Å². The van der Waals surface area contributed by atoms with E-state index in [-0.39, 0.29) is 6.42 Å². The fraction of sp³-hybridized carbons (Fsp3) is 0.429. The van der Waals surface area contributed by atoms with Crippen molar-refractivity contribution in [1.82, 2.24) is 4.90 Å². The molecule has 2 heterocycles. The number of para-hydroxylation sites is 1. The zero-order valence-corrected chi connectivity index (χ0v) is 26.6. The van der Waals surface area contributed by atoms with Gasteiger partial charge >= 0.3 is 5.97 Å². The first kappa shape index (κ1) is 33.6. The Morgan fingerprint density at radius 1 is 1.05 bits per heavy atom. The third kappa shape index (κ3) is 8.14. The van der Waals surface area contributed by atoms with Crippen molar-refractivity contribution in [2.75, 3.05) is 13.7 Å². The van der Waals surface area contributed by atoms with Gasteiger partial charge in [0.2, 0.25) is 6.41 Å². The van der Waals surface area contributed by atoms with E-state index >= 15 is 0 Å². The molecule has 1 amide bonds. The van der Waals surface area contributed by atoms with Crippen molar-refractivity contribution in [3.8, 4) is 22.6 Å². The number of rotatable bonds is 5. The molecule has 3 aromatic carbocycles. The number of carboxylic acids is 1. The zero-order chi connectivity index (χ0) is 32.1. The van der Waals surface area contributed by atoms with Gasteiger partial charge in [-0.25, -0.2) is 4.39 Å². The number of aliphatic carboxylic acids is 1. The van der Waals surface area contributed by atoms with Gasteiger partial charge in [0.25, 0.3) is 0 Å². The number of aryl methyl sites for hydroxylation is 1. The molecule has 2 N–H and O–H groups in total. The first-order valence-electron chi connectivity index (χ1n) is 14.5. The Morgan fingerprint density at radius 3 is 2.19 bits per heavy atom. The number of carbonyl (C=O) groups excluding carboxylic acids is 1. The number of amides is 1. The van der Waals surface area contributed by atoms with Gasteiger partial charge in [0.1, 0.15) is 5.75 Å². The fourth-order valence-corrected chi connectivity index (χ4v) is 5.60. The Hall–Kier alpha value is -3.91. The first-order valence-corrected chi connectivity index (χ1v) is 14.5. The quantitative estimate of drug-likeness (QED) is 0.323. The Morgan fingerprint density at radius 2 is 1.65 bits per heavy atom. The van der Waals surface area contributed by atoms with E-state index in [0.717, 1.165) is 69.5 Å². The third-order valence-electron chi connectivity index (χ3n) is 7.62. The van der Waals surface area contributed by atoms with Crippen molar-refractivity contribution in [3.05, 3.63) is 80.7 Å². The molecule has 8 heteroatoms. The molecular formula is C35H44FNO6. The summed E-state index contributed by atoms with van der Waals surface area (Å²) >= 11 is 0. The van der Waals surface area contributed by atoms with Gasteiger partial charge in [0.15, 0.2) is 11.6 Å². The first-order chi connectivity index (χ1) is 20.2. The van der Waals surface area contributed by atoms with Crippen LogP contribution in [0.3, 0.4) is 0 Å². The monoisotopic (exact) mass is 593 g/mol. The van der Waals surface area contributed by atoms with E-state index in [4.69, 9.17) is 14.6 Å². The minimum atomic E-state index is -0.932. The smallest absolute Gasteiger partial charge is 0.307 e. The van der Waals surface area contributed by atoms with E-state index < -0.39 is 17.4 Å². The predicted molar refractivity (Wildman–Crippen MR) is 166 cm³/mol. The summed E-state index contributed by atoms with van der Waals surface area (Å²) in [6, 6.07) is 9.42. The Bertz CT molecular complexity index is 1490. The second-order valence-electron chi connectivity index (χ2n) is 12.1. The summed E-state index contributed by atoms with van der Waals surface area (Å²) in [6.45, 7) is 14.5. The van der Waals surface area contributed by atoms with Crippen molar-refractivity contribution in [1.29, 1.82) is 0 Å². The van der Waals surface area contributed by atoms with Crippen molar-refractivity contribution in [2.45, 2.75) is 86.4 Å². The van der Waals surface area contributed by atoms with Crippen LogP contribution in [-0.4, -0.2) is 46.8 Å². The van der Waals surface area contributed by atoms with Crippen molar-refractivity contribution >= 4 is 12.4 Å². The maximum Gasteiger partial charge on any atom is 0.307 e. The van der Waals surface area contributed by atoms with E-state index in [1.54, 1.807) is 32.8 Å². The maximum atomic E-state index is 14.9. The number of carbonyl (C=O) groups is 2. The summed E-state index contributed by atoms with van der Waals surface area (Å²) in [5, 5.41) is 18.1. The van der Waals surface area contributed by atoms with Gasteiger partial charge < -0.3 is 24.6 Å². The largest absolute Gasteiger partial charge is 0.496 e. The molecule has 0 radical (unpaired) electrons. The molecule has 2 aliphatic heterocycles. The summed E-state index contributed by atoms with van der Waals surface area (Å²) in [5.74, 6) is -0.0653. The van der Waals surface area contributed by atoms with E-state index in [0.29, 0.717) is 31.0 Å². The minimum Gasteiger partial charge on any atom is -0.496 e. The number of fused-ring (bicyclic) bond motifs is 2. The fourth-order valence-electron chi connectivity index (χ4n) is 5.60. The molecule has 0 unspecified atom stereocenters. The molecule has 0 aliphatic carbocycles. The van der Waals surface area contributed by atoms with Crippen LogP contribution in [-0.2, 0) is 35.5 Å². The molecule has 0 saturated heterocycles. The lowest BCUT2D eigenvalue weighted by atomic mass is 9.81. The number of hydrogen-bond donors (Lipinski definition) is 2. The van der Waals surface area contributed by atoms with Gasteiger partial charge in [-0.1, -0.05) is 18.2 Å².